The normalized spacial score (nSPS) is 19.8. The van der Waals surface area contributed by atoms with Crippen molar-refractivity contribution in [2.75, 3.05) is 13.2 Å². The molecular weight excluding hydrogens is 416 g/mol. The van der Waals surface area contributed by atoms with Crippen molar-refractivity contribution in [1.82, 2.24) is 0 Å². The van der Waals surface area contributed by atoms with Gasteiger partial charge in [-0.15, -0.1) is 0 Å². The summed E-state index contributed by atoms with van der Waals surface area (Å²) >= 11 is 11.7. The highest BCUT2D eigenvalue weighted by atomic mass is 35.5. The summed E-state index contributed by atoms with van der Waals surface area (Å²) in [5, 5.41) is 1.12. The number of hydrogen-bond acceptors (Lipinski definition) is 5. The van der Waals surface area contributed by atoms with Crippen LogP contribution in [0.2, 0.25) is 10.0 Å². The minimum absolute atomic E-state index is 0. The van der Waals surface area contributed by atoms with E-state index in [4.69, 9.17) is 38.4 Å². The van der Waals surface area contributed by atoms with Gasteiger partial charge in [0.15, 0.2) is 5.90 Å². The molecule has 0 aliphatic carbocycles. The van der Waals surface area contributed by atoms with E-state index in [2.05, 4.69) is 9.98 Å². The van der Waals surface area contributed by atoms with Gasteiger partial charge in [-0.1, -0.05) is 48.8 Å². The van der Waals surface area contributed by atoms with E-state index in [0.29, 0.717) is 28.8 Å². The molecule has 0 unspecified atom stereocenters. The molecule has 29 heavy (non-hydrogen) atoms. The van der Waals surface area contributed by atoms with Crippen molar-refractivity contribution in [3.63, 3.8) is 0 Å². The molecule has 2 aromatic carbocycles. The summed E-state index contributed by atoms with van der Waals surface area (Å²) in [4.78, 5) is 8.39. The molecule has 2 aliphatic heterocycles. The van der Waals surface area contributed by atoms with Crippen LogP contribution >= 0.6 is 23.2 Å². The Bertz CT molecular complexity index is 934. The Morgan fingerprint density at radius 3 is 2.31 bits per heavy atom. The van der Waals surface area contributed by atoms with E-state index in [9.17, 15) is 4.39 Å². The Balaban J connectivity index is 0.000000200. The van der Waals surface area contributed by atoms with Crippen LogP contribution in [-0.4, -0.2) is 25.1 Å². The highest BCUT2D eigenvalue weighted by Gasteiger charge is 2.21. The van der Waals surface area contributed by atoms with Crippen LogP contribution in [0.4, 0.5) is 4.39 Å². The Labute approximate surface area is 180 Å². The number of ether oxygens (including phenoxy) is 2. The SMILES string of the molecule is C.CC1=N[C@H](c2ccc(Cl)c(Cl)c2)CO1.Cc1c(F)cccc1[C@@H]1COC(N)=N1. The number of aliphatic imine (C=N–C) groups is 2. The van der Waals surface area contributed by atoms with Crippen LogP contribution in [0.3, 0.4) is 0 Å². The Kier molecular flexibility index (Phi) is 7.88. The third kappa shape index (κ3) is 5.61. The molecule has 5 nitrogen and oxygen atoms in total. The number of nitrogens with zero attached hydrogens (tertiary/aromatic N) is 2. The first kappa shape index (κ1) is 23.0. The summed E-state index contributed by atoms with van der Waals surface area (Å²) in [6.45, 7) is 4.56. The largest absolute Gasteiger partial charge is 0.479 e. The highest BCUT2D eigenvalue weighted by molar-refractivity contribution is 6.42. The van der Waals surface area contributed by atoms with Crippen LogP contribution in [0, 0.1) is 12.7 Å². The van der Waals surface area contributed by atoms with Crippen molar-refractivity contribution >= 4 is 35.1 Å². The zero-order chi connectivity index (χ0) is 20.3. The van der Waals surface area contributed by atoms with Gasteiger partial charge in [-0.3, -0.25) is 0 Å². The second-order valence-corrected chi connectivity index (χ2v) is 7.21. The van der Waals surface area contributed by atoms with Gasteiger partial charge in [0.2, 0.25) is 0 Å². The van der Waals surface area contributed by atoms with Gasteiger partial charge in [-0.25, -0.2) is 14.4 Å². The maximum atomic E-state index is 13.2. The fraction of sp³-hybridized carbons (Fsp3) is 0.333. The van der Waals surface area contributed by atoms with Gasteiger partial charge >= 0.3 is 0 Å². The first-order chi connectivity index (χ1) is 13.3. The molecular formula is C21H24Cl2FN3O2. The molecule has 2 atom stereocenters. The second kappa shape index (κ2) is 9.94. The second-order valence-electron chi connectivity index (χ2n) is 6.40. The topological polar surface area (TPSA) is 69.2 Å². The van der Waals surface area contributed by atoms with Gasteiger partial charge in [-0.05, 0) is 41.8 Å². The molecule has 4 rings (SSSR count). The summed E-state index contributed by atoms with van der Waals surface area (Å²) in [7, 11) is 0. The molecule has 0 aromatic heterocycles. The minimum atomic E-state index is -0.219. The smallest absolute Gasteiger partial charge is 0.282 e. The van der Waals surface area contributed by atoms with Gasteiger partial charge in [-0.2, -0.15) is 0 Å². The first-order valence-corrected chi connectivity index (χ1v) is 9.44. The van der Waals surface area contributed by atoms with E-state index in [0.717, 1.165) is 17.0 Å². The Hall–Kier alpha value is -2.31. The number of halogens is 3. The first-order valence-electron chi connectivity index (χ1n) is 8.68. The van der Waals surface area contributed by atoms with E-state index in [1.54, 1.807) is 19.1 Å². The van der Waals surface area contributed by atoms with Crippen molar-refractivity contribution in [2.45, 2.75) is 33.4 Å². The average Bonchev–Trinajstić information content (AvgIpc) is 3.29. The van der Waals surface area contributed by atoms with Gasteiger partial charge in [0.1, 0.15) is 31.1 Å². The lowest BCUT2D eigenvalue weighted by Gasteiger charge is -2.09. The number of rotatable bonds is 2. The number of nitrogens with two attached hydrogens (primary N) is 1. The molecule has 2 aromatic rings. The van der Waals surface area contributed by atoms with Crippen LogP contribution < -0.4 is 5.73 Å². The lowest BCUT2D eigenvalue weighted by molar-refractivity contribution is 0.314. The monoisotopic (exact) mass is 439 g/mol. The van der Waals surface area contributed by atoms with Crippen molar-refractivity contribution < 1.29 is 13.9 Å². The standard InChI is InChI=1S/C10H9Cl2NO.C10H11FN2O.CH4/c1-6-13-10(5-14-6)7-2-3-8(11)9(12)4-7;1-6-7(3-2-4-8(6)11)9-5-14-10(12)13-9;/h2-4,10H,5H2,1H3;2-4,9H,5H2,1H3,(H2,12,13);1H4/t10-;9-;/m00./s1. The van der Waals surface area contributed by atoms with Crippen molar-refractivity contribution in [3.05, 3.63) is 69.0 Å². The van der Waals surface area contributed by atoms with Crippen LogP contribution in [0.1, 0.15) is 43.1 Å². The molecule has 0 radical (unpaired) electrons. The lowest BCUT2D eigenvalue weighted by atomic mass is 10.0. The van der Waals surface area contributed by atoms with Crippen molar-refractivity contribution in [1.29, 1.82) is 0 Å². The van der Waals surface area contributed by atoms with Crippen molar-refractivity contribution in [3.8, 4) is 0 Å². The molecule has 0 saturated carbocycles. The van der Waals surface area contributed by atoms with Crippen LogP contribution in [0.15, 0.2) is 46.4 Å². The maximum absolute atomic E-state index is 13.2. The molecule has 0 amide bonds. The fourth-order valence-corrected chi connectivity index (χ4v) is 3.23. The molecule has 2 heterocycles. The minimum Gasteiger partial charge on any atom is -0.479 e. The van der Waals surface area contributed by atoms with E-state index in [1.165, 1.54) is 6.07 Å². The predicted molar refractivity (Wildman–Crippen MR) is 116 cm³/mol. The maximum Gasteiger partial charge on any atom is 0.282 e. The van der Waals surface area contributed by atoms with Crippen LogP contribution in [0.5, 0.6) is 0 Å². The third-order valence-corrected chi connectivity index (χ3v) is 5.20. The van der Waals surface area contributed by atoms with Gasteiger partial charge < -0.3 is 15.2 Å². The molecule has 2 aliphatic rings. The number of hydrogen-bond donors (Lipinski definition) is 1. The summed E-state index contributed by atoms with van der Waals surface area (Å²) in [6.07, 6.45) is 0. The van der Waals surface area contributed by atoms with Gasteiger partial charge in [0, 0.05) is 6.92 Å². The average molecular weight is 440 g/mol. The zero-order valence-electron chi connectivity index (χ0n) is 15.5. The van der Waals surface area contributed by atoms with Gasteiger partial charge in [0.05, 0.1) is 10.0 Å². The molecule has 156 valence electrons. The highest BCUT2D eigenvalue weighted by Crippen LogP contribution is 2.29. The van der Waals surface area contributed by atoms with E-state index in [-0.39, 0.29) is 31.3 Å². The van der Waals surface area contributed by atoms with E-state index in [1.807, 2.05) is 25.1 Å². The Morgan fingerprint density at radius 1 is 1.00 bits per heavy atom. The molecule has 8 heteroatoms. The molecule has 0 spiro atoms. The van der Waals surface area contributed by atoms with Crippen LogP contribution in [0.25, 0.3) is 0 Å². The number of amidine groups is 1. The van der Waals surface area contributed by atoms with E-state index < -0.39 is 0 Å². The lowest BCUT2D eigenvalue weighted by Crippen LogP contribution is -2.10. The summed E-state index contributed by atoms with van der Waals surface area (Å²) in [6, 6.07) is 10.6. The predicted octanol–water partition coefficient (Wildman–Crippen LogP) is 5.64. The van der Waals surface area contributed by atoms with Crippen molar-refractivity contribution in [2.24, 2.45) is 15.7 Å². The molecule has 0 bridgehead atoms. The Morgan fingerprint density at radius 2 is 1.72 bits per heavy atom. The van der Waals surface area contributed by atoms with E-state index >= 15 is 0 Å². The fourth-order valence-electron chi connectivity index (χ4n) is 2.92. The molecule has 0 fully saturated rings. The zero-order valence-corrected chi connectivity index (χ0v) is 17.0. The summed E-state index contributed by atoms with van der Waals surface area (Å²) in [5.41, 5.74) is 7.87. The number of benzene rings is 2. The third-order valence-electron chi connectivity index (χ3n) is 4.46. The molecule has 0 saturated heterocycles. The summed E-state index contributed by atoms with van der Waals surface area (Å²) < 4.78 is 23.5. The quantitative estimate of drug-likeness (QED) is 0.657. The molecule has 2 N–H and O–H groups in total. The summed E-state index contributed by atoms with van der Waals surface area (Å²) in [5.74, 6) is 0.504. The van der Waals surface area contributed by atoms with Gasteiger partial charge in [0.25, 0.3) is 6.02 Å². The van der Waals surface area contributed by atoms with Crippen LogP contribution in [-0.2, 0) is 9.47 Å².